The van der Waals surface area contributed by atoms with Crippen LogP contribution < -0.4 is 14.8 Å². The molecule has 0 aliphatic heterocycles. The Balaban J connectivity index is 1.62. The molecule has 0 fully saturated rings. The van der Waals surface area contributed by atoms with Crippen LogP contribution in [0.2, 0.25) is 0 Å². The van der Waals surface area contributed by atoms with Crippen LogP contribution in [-0.2, 0) is 6.61 Å². The molecule has 24 heavy (non-hydrogen) atoms. The van der Waals surface area contributed by atoms with Crippen LogP contribution in [0.4, 0.5) is 5.13 Å². The van der Waals surface area contributed by atoms with Crippen molar-refractivity contribution in [3.63, 3.8) is 0 Å². The number of benzene rings is 1. The van der Waals surface area contributed by atoms with Crippen LogP contribution in [0.1, 0.15) is 22.0 Å². The lowest BCUT2D eigenvalue weighted by molar-refractivity contribution is 0.0992. The van der Waals surface area contributed by atoms with Gasteiger partial charge in [0.05, 0.1) is 12.8 Å². The fraction of sp³-hybridized carbons (Fsp3) is 0.176. The monoisotopic (exact) mass is 344 g/mol. The number of thiazole rings is 1. The molecule has 0 aliphatic rings. The smallest absolute Gasteiger partial charge is 0.293 e. The molecule has 0 radical (unpaired) electrons. The van der Waals surface area contributed by atoms with Gasteiger partial charge in [-0.15, -0.1) is 11.3 Å². The van der Waals surface area contributed by atoms with Crippen molar-refractivity contribution in [2.24, 2.45) is 0 Å². The van der Waals surface area contributed by atoms with Crippen molar-refractivity contribution in [1.82, 2.24) is 4.98 Å². The molecule has 6 nitrogen and oxygen atoms in total. The van der Waals surface area contributed by atoms with E-state index in [0.29, 0.717) is 22.4 Å². The number of nitrogens with zero attached hydrogens (tertiary/aromatic N) is 1. The van der Waals surface area contributed by atoms with Crippen molar-refractivity contribution in [2.45, 2.75) is 13.5 Å². The number of furan rings is 1. The number of anilines is 1. The van der Waals surface area contributed by atoms with E-state index in [-0.39, 0.29) is 18.3 Å². The van der Waals surface area contributed by atoms with E-state index < -0.39 is 0 Å². The van der Waals surface area contributed by atoms with Crippen LogP contribution in [0, 0.1) is 6.92 Å². The van der Waals surface area contributed by atoms with Gasteiger partial charge in [0, 0.05) is 5.38 Å². The first-order valence-corrected chi connectivity index (χ1v) is 8.11. The van der Waals surface area contributed by atoms with Crippen molar-refractivity contribution in [3.05, 3.63) is 59.0 Å². The van der Waals surface area contributed by atoms with Gasteiger partial charge in [-0.2, -0.15) is 0 Å². The number of para-hydroxylation sites is 2. The molecule has 2 heterocycles. The Labute approximate surface area is 143 Å². The Morgan fingerprint density at radius 1 is 1.25 bits per heavy atom. The lowest BCUT2D eigenvalue weighted by Gasteiger charge is -2.08. The fourth-order valence-corrected chi connectivity index (χ4v) is 2.72. The third-order valence-electron chi connectivity index (χ3n) is 3.16. The molecule has 0 saturated carbocycles. The number of nitrogens with one attached hydrogen (secondary N) is 1. The molecular weight excluding hydrogens is 328 g/mol. The van der Waals surface area contributed by atoms with Crippen LogP contribution in [0.3, 0.4) is 0 Å². The van der Waals surface area contributed by atoms with E-state index in [1.54, 1.807) is 25.3 Å². The van der Waals surface area contributed by atoms with E-state index in [0.717, 1.165) is 5.69 Å². The number of carbonyl (C=O) groups is 1. The molecule has 3 aromatic rings. The molecule has 0 saturated heterocycles. The highest BCUT2D eigenvalue weighted by Crippen LogP contribution is 2.27. The quantitative estimate of drug-likeness (QED) is 0.734. The minimum absolute atomic E-state index is 0.198. The fourth-order valence-electron chi connectivity index (χ4n) is 2.03. The molecule has 1 aromatic carbocycles. The number of hydrogen-bond acceptors (Lipinski definition) is 6. The van der Waals surface area contributed by atoms with Gasteiger partial charge in [0.1, 0.15) is 12.4 Å². The molecule has 7 heteroatoms. The Morgan fingerprint density at radius 3 is 2.75 bits per heavy atom. The Kier molecular flexibility index (Phi) is 4.81. The zero-order valence-electron chi connectivity index (χ0n) is 13.2. The van der Waals surface area contributed by atoms with Gasteiger partial charge < -0.3 is 13.9 Å². The molecule has 0 bridgehead atoms. The van der Waals surface area contributed by atoms with E-state index in [1.807, 2.05) is 30.5 Å². The molecule has 1 amide bonds. The summed E-state index contributed by atoms with van der Waals surface area (Å²) in [7, 11) is 1.58. The van der Waals surface area contributed by atoms with E-state index >= 15 is 0 Å². The summed E-state index contributed by atoms with van der Waals surface area (Å²) in [5.74, 6) is 1.66. The highest BCUT2D eigenvalue weighted by atomic mass is 32.1. The second-order valence-corrected chi connectivity index (χ2v) is 5.81. The minimum atomic E-state index is -0.340. The van der Waals surface area contributed by atoms with Crippen LogP contribution in [0.5, 0.6) is 11.5 Å². The van der Waals surface area contributed by atoms with Crippen molar-refractivity contribution in [3.8, 4) is 11.5 Å². The number of aryl methyl sites for hydroxylation is 1. The van der Waals surface area contributed by atoms with E-state index in [1.165, 1.54) is 11.3 Å². The van der Waals surface area contributed by atoms with Crippen molar-refractivity contribution < 1.29 is 18.7 Å². The van der Waals surface area contributed by atoms with Gasteiger partial charge in [-0.05, 0) is 31.2 Å². The summed E-state index contributed by atoms with van der Waals surface area (Å²) in [6.45, 7) is 2.07. The first-order valence-electron chi connectivity index (χ1n) is 7.23. The Morgan fingerprint density at radius 2 is 2.04 bits per heavy atom. The number of aromatic nitrogens is 1. The van der Waals surface area contributed by atoms with Crippen molar-refractivity contribution in [1.29, 1.82) is 0 Å². The molecular formula is C17H16N2O4S. The summed E-state index contributed by atoms with van der Waals surface area (Å²) < 4.78 is 16.4. The molecule has 0 spiro atoms. The Bertz CT molecular complexity index is 840. The predicted octanol–water partition coefficient (Wildman–Crippen LogP) is 3.88. The van der Waals surface area contributed by atoms with E-state index in [9.17, 15) is 4.79 Å². The number of carbonyl (C=O) groups excluding carboxylic acids is 1. The minimum Gasteiger partial charge on any atom is -0.493 e. The number of hydrogen-bond donors (Lipinski definition) is 1. The lowest BCUT2D eigenvalue weighted by atomic mass is 10.3. The standard InChI is InChI=1S/C17H16N2O4S/c1-11-10-24-17(18-11)19-16(20)15-8-7-12(23-15)9-22-14-6-4-3-5-13(14)21-2/h3-8,10H,9H2,1-2H3,(H,18,19,20). The second-order valence-electron chi connectivity index (χ2n) is 4.95. The van der Waals surface area contributed by atoms with E-state index in [4.69, 9.17) is 13.9 Å². The van der Waals surface area contributed by atoms with Crippen LogP contribution >= 0.6 is 11.3 Å². The summed E-state index contributed by atoms with van der Waals surface area (Å²) >= 11 is 1.37. The number of ether oxygens (including phenoxy) is 2. The van der Waals surface area contributed by atoms with Crippen molar-refractivity contribution in [2.75, 3.05) is 12.4 Å². The largest absolute Gasteiger partial charge is 0.493 e. The van der Waals surface area contributed by atoms with Crippen molar-refractivity contribution >= 4 is 22.4 Å². The van der Waals surface area contributed by atoms with E-state index in [2.05, 4.69) is 10.3 Å². The van der Waals surface area contributed by atoms with Crippen LogP contribution in [0.25, 0.3) is 0 Å². The summed E-state index contributed by atoms with van der Waals surface area (Å²) in [4.78, 5) is 16.3. The highest BCUT2D eigenvalue weighted by molar-refractivity contribution is 7.13. The average Bonchev–Trinajstić information content (AvgIpc) is 3.22. The summed E-state index contributed by atoms with van der Waals surface area (Å²) in [5.41, 5.74) is 0.862. The molecule has 0 aliphatic carbocycles. The molecule has 3 rings (SSSR count). The van der Waals surface area contributed by atoms with Gasteiger partial charge in [-0.1, -0.05) is 12.1 Å². The maximum absolute atomic E-state index is 12.1. The number of methoxy groups -OCH3 is 1. The summed E-state index contributed by atoms with van der Waals surface area (Å²) in [6.07, 6.45) is 0. The maximum Gasteiger partial charge on any atom is 0.293 e. The topological polar surface area (TPSA) is 73.6 Å². The maximum atomic E-state index is 12.1. The summed E-state index contributed by atoms with van der Waals surface area (Å²) in [6, 6.07) is 10.6. The second kappa shape index (κ2) is 7.18. The third-order valence-corrected chi connectivity index (χ3v) is 4.04. The molecule has 1 N–H and O–H groups in total. The zero-order valence-corrected chi connectivity index (χ0v) is 14.1. The van der Waals surface area contributed by atoms with Crippen LogP contribution in [-0.4, -0.2) is 18.0 Å². The predicted molar refractivity (Wildman–Crippen MR) is 90.8 cm³/mol. The van der Waals surface area contributed by atoms with Gasteiger partial charge in [0.2, 0.25) is 0 Å². The first kappa shape index (κ1) is 16.1. The zero-order chi connectivity index (χ0) is 16.9. The highest BCUT2D eigenvalue weighted by Gasteiger charge is 2.13. The third kappa shape index (κ3) is 3.75. The molecule has 0 atom stereocenters. The number of rotatable bonds is 6. The normalized spacial score (nSPS) is 10.4. The Hall–Kier alpha value is -2.80. The van der Waals surface area contributed by atoms with Gasteiger partial charge >= 0.3 is 0 Å². The van der Waals surface area contributed by atoms with Gasteiger partial charge in [0.15, 0.2) is 22.4 Å². The molecule has 124 valence electrons. The lowest BCUT2D eigenvalue weighted by Crippen LogP contribution is -2.10. The van der Waals surface area contributed by atoms with Gasteiger partial charge in [0.25, 0.3) is 5.91 Å². The van der Waals surface area contributed by atoms with Gasteiger partial charge in [-0.3, -0.25) is 10.1 Å². The van der Waals surface area contributed by atoms with Crippen LogP contribution in [0.15, 0.2) is 46.2 Å². The van der Waals surface area contributed by atoms with Gasteiger partial charge in [-0.25, -0.2) is 4.98 Å². The molecule has 0 unspecified atom stereocenters. The average molecular weight is 344 g/mol. The SMILES string of the molecule is COc1ccccc1OCc1ccc(C(=O)Nc2nc(C)cs2)o1. The first-order chi connectivity index (χ1) is 11.7. The summed E-state index contributed by atoms with van der Waals surface area (Å²) in [5, 5.41) is 5.11. The molecule has 2 aromatic heterocycles. The number of amides is 1.